The molecule has 0 heterocycles. The van der Waals surface area contributed by atoms with E-state index in [4.69, 9.17) is 0 Å². The highest BCUT2D eigenvalue weighted by molar-refractivity contribution is 8.17. The van der Waals surface area contributed by atoms with Gasteiger partial charge >= 0.3 is 14.7 Å². The minimum atomic E-state index is -5.34. The van der Waals surface area contributed by atoms with Crippen molar-refractivity contribution in [3.63, 3.8) is 0 Å². The molecular weight excluding hydrogens is 303 g/mol. The third-order valence-corrected chi connectivity index (χ3v) is 5.17. The molecule has 0 aromatic heterocycles. The molecule has 17 heavy (non-hydrogen) atoms. The summed E-state index contributed by atoms with van der Waals surface area (Å²) < 4.78 is 72.9. The SMILES string of the molecule is O=S(=O)(Cl)N=[S@](=O)(c1ccccc1)C(F)(F)F. The fourth-order valence-corrected chi connectivity index (χ4v) is 4.14. The number of halogens is 4. The zero-order valence-electron chi connectivity index (χ0n) is 7.89. The van der Waals surface area contributed by atoms with Crippen molar-refractivity contribution in [3.8, 4) is 0 Å². The predicted octanol–water partition coefficient (Wildman–Crippen LogP) is 2.52. The molecule has 0 spiro atoms. The molecule has 0 amide bonds. The van der Waals surface area contributed by atoms with Crippen LogP contribution in [0.1, 0.15) is 0 Å². The van der Waals surface area contributed by atoms with Crippen molar-refractivity contribution in [1.82, 2.24) is 0 Å². The highest BCUT2D eigenvalue weighted by atomic mass is 35.7. The number of alkyl halides is 3. The summed E-state index contributed by atoms with van der Waals surface area (Å²) in [7, 11) is -5.45. The van der Waals surface area contributed by atoms with E-state index in [2.05, 4.69) is 14.5 Å². The number of nitrogens with zero attached hydrogens (tertiary/aromatic N) is 1. The summed E-state index contributed by atoms with van der Waals surface area (Å²) in [5.41, 5.74) is -5.34. The van der Waals surface area contributed by atoms with Crippen LogP contribution in [0.3, 0.4) is 0 Å². The van der Waals surface area contributed by atoms with Crippen molar-refractivity contribution in [3.05, 3.63) is 30.3 Å². The fraction of sp³-hybridized carbons (Fsp3) is 0.143. The zero-order chi connectivity index (χ0) is 13.3. The van der Waals surface area contributed by atoms with Gasteiger partial charge in [-0.1, -0.05) is 22.0 Å². The molecule has 0 unspecified atom stereocenters. The highest BCUT2D eigenvalue weighted by Gasteiger charge is 2.46. The monoisotopic (exact) mass is 307 g/mol. The largest absolute Gasteiger partial charge is 0.484 e. The molecule has 1 aromatic rings. The molecule has 0 aliphatic carbocycles. The molecule has 0 bridgehead atoms. The maximum Gasteiger partial charge on any atom is 0.484 e. The Kier molecular flexibility index (Phi) is 3.75. The quantitative estimate of drug-likeness (QED) is 0.789. The minimum absolute atomic E-state index is 0.767. The maximum atomic E-state index is 12.6. The summed E-state index contributed by atoms with van der Waals surface area (Å²) in [4.78, 5) is -0.767. The van der Waals surface area contributed by atoms with Crippen molar-refractivity contribution >= 4 is 29.6 Å². The second-order valence-electron chi connectivity index (χ2n) is 2.77. The van der Waals surface area contributed by atoms with Crippen LogP contribution in [0.25, 0.3) is 0 Å². The van der Waals surface area contributed by atoms with E-state index in [0.717, 1.165) is 12.1 Å². The molecule has 4 nitrogen and oxygen atoms in total. The van der Waals surface area contributed by atoms with Gasteiger partial charge < -0.3 is 0 Å². The van der Waals surface area contributed by atoms with Crippen LogP contribution in [0.4, 0.5) is 13.2 Å². The van der Waals surface area contributed by atoms with Crippen LogP contribution in [-0.2, 0) is 19.0 Å². The van der Waals surface area contributed by atoms with Crippen LogP contribution in [0.5, 0.6) is 0 Å². The number of hydrogen-bond donors (Lipinski definition) is 0. The van der Waals surface area contributed by atoms with Gasteiger partial charge in [-0.05, 0) is 12.1 Å². The van der Waals surface area contributed by atoms with Gasteiger partial charge in [0, 0.05) is 10.7 Å². The van der Waals surface area contributed by atoms with E-state index in [0.29, 0.717) is 0 Å². The Bertz CT molecular complexity index is 618. The van der Waals surface area contributed by atoms with Crippen LogP contribution < -0.4 is 0 Å². The lowest BCUT2D eigenvalue weighted by atomic mass is 10.4. The average Bonchev–Trinajstić information content (AvgIpc) is 2.14. The zero-order valence-corrected chi connectivity index (χ0v) is 10.3. The van der Waals surface area contributed by atoms with Crippen molar-refractivity contribution in [2.75, 3.05) is 0 Å². The summed E-state index contributed by atoms with van der Waals surface area (Å²) in [6.07, 6.45) is 0. The lowest BCUT2D eigenvalue weighted by Crippen LogP contribution is -2.23. The number of benzene rings is 1. The topological polar surface area (TPSA) is 63.6 Å². The van der Waals surface area contributed by atoms with Gasteiger partial charge in [0.1, 0.15) is 0 Å². The number of hydrogen-bond acceptors (Lipinski definition) is 3. The van der Waals surface area contributed by atoms with Crippen LogP contribution in [0.2, 0.25) is 0 Å². The Morgan fingerprint density at radius 2 is 1.53 bits per heavy atom. The van der Waals surface area contributed by atoms with Crippen LogP contribution >= 0.6 is 10.7 Å². The van der Waals surface area contributed by atoms with Crippen LogP contribution in [-0.4, -0.2) is 18.1 Å². The van der Waals surface area contributed by atoms with E-state index in [1.165, 1.54) is 18.2 Å². The molecule has 0 saturated heterocycles. The van der Waals surface area contributed by atoms with Gasteiger partial charge in [0.05, 0.1) is 4.90 Å². The number of rotatable bonds is 2. The molecule has 10 heteroatoms. The van der Waals surface area contributed by atoms with Gasteiger partial charge in [-0.25, -0.2) is 4.21 Å². The molecular formula is C7H5ClF3NO3S2. The van der Waals surface area contributed by atoms with Crippen LogP contribution in [0, 0.1) is 0 Å². The first-order valence-electron chi connectivity index (χ1n) is 3.91. The molecule has 0 radical (unpaired) electrons. The molecule has 1 aromatic carbocycles. The van der Waals surface area contributed by atoms with Gasteiger partial charge in [-0.2, -0.15) is 21.6 Å². The standard InChI is InChI=1S/C7H5ClF3NO3S2/c8-17(14,15)12-16(13,7(9,10)11)6-4-2-1-3-5-6/h1-5H/t16-/m0/s1. The van der Waals surface area contributed by atoms with Crippen molar-refractivity contribution in [2.24, 2.45) is 3.77 Å². The Hall–Kier alpha value is -0.800. The predicted molar refractivity (Wildman–Crippen MR) is 56.1 cm³/mol. The third kappa shape index (κ3) is 3.33. The Morgan fingerprint density at radius 1 is 1.06 bits per heavy atom. The van der Waals surface area contributed by atoms with Gasteiger partial charge in [0.15, 0.2) is 9.73 Å². The van der Waals surface area contributed by atoms with E-state index in [1.807, 2.05) is 0 Å². The maximum absolute atomic E-state index is 12.6. The molecule has 0 fully saturated rings. The molecule has 0 N–H and O–H groups in total. The van der Waals surface area contributed by atoms with E-state index >= 15 is 0 Å². The smallest absolute Gasteiger partial charge is 0.235 e. The Labute approximate surface area is 100 Å². The minimum Gasteiger partial charge on any atom is -0.235 e. The second-order valence-corrected chi connectivity index (χ2v) is 7.35. The molecule has 0 saturated carbocycles. The molecule has 0 aliphatic heterocycles. The first-order chi connectivity index (χ1) is 7.56. The Morgan fingerprint density at radius 3 is 1.88 bits per heavy atom. The first kappa shape index (κ1) is 14.3. The van der Waals surface area contributed by atoms with Gasteiger partial charge in [0.2, 0.25) is 0 Å². The first-order valence-corrected chi connectivity index (χ1v) is 7.69. The lowest BCUT2D eigenvalue weighted by Gasteiger charge is -2.12. The normalized spacial score (nSPS) is 16.2. The summed E-state index contributed by atoms with van der Waals surface area (Å²) in [6, 6.07) is 5.46. The van der Waals surface area contributed by atoms with Crippen LogP contribution in [0.15, 0.2) is 39.0 Å². The van der Waals surface area contributed by atoms with Gasteiger partial charge in [-0.3, -0.25) is 0 Å². The fourth-order valence-electron chi connectivity index (χ4n) is 0.949. The van der Waals surface area contributed by atoms with Crippen molar-refractivity contribution in [2.45, 2.75) is 10.4 Å². The van der Waals surface area contributed by atoms with Crippen molar-refractivity contribution in [1.29, 1.82) is 0 Å². The van der Waals surface area contributed by atoms with E-state index in [-0.39, 0.29) is 0 Å². The van der Waals surface area contributed by atoms with Crippen molar-refractivity contribution < 1.29 is 25.8 Å². The van der Waals surface area contributed by atoms with E-state index < -0.39 is 29.4 Å². The summed E-state index contributed by atoms with van der Waals surface area (Å²) in [5.74, 6) is 0. The van der Waals surface area contributed by atoms with E-state index in [1.54, 1.807) is 0 Å². The molecule has 1 rings (SSSR count). The summed E-state index contributed by atoms with van der Waals surface area (Å²) >= 11 is 0. The van der Waals surface area contributed by atoms with Gasteiger partial charge in [0.25, 0.3) is 0 Å². The lowest BCUT2D eigenvalue weighted by molar-refractivity contribution is -0.0401. The Balaban J connectivity index is 3.67. The summed E-state index contributed by atoms with van der Waals surface area (Å²) in [5, 5.41) is 0. The average molecular weight is 308 g/mol. The molecule has 0 aliphatic rings. The molecule has 96 valence electrons. The van der Waals surface area contributed by atoms with Gasteiger partial charge in [-0.15, -0.1) is 0 Å². The molecule has 1 atom stereocenters. The highest BCUT2D eigenvalue weighted by Crippen LogP contribution is 2.33. The third-order valence-electron chi connectivity index (χ3n) is 1.57. The second kappa shape index (κ2) is 4.46. The van der Waals surface area contributed by atoms with E-state index in [9.17, 15) is 25.8 Å². The summed E-state index contributed by atoms with van der Waals surface area (Å²) in [6.45, 7) is 0.